The van der Waals surface area contributed by atoms with Crippen molar-refractivity contribution in [3.05, 3.63) is 59.2 Å². The number of Topliss-reactive ketones (excluding diaryl/α,β-unsaturated/α-hetero) is 1. The molecule has 2 aromatic carbocycles. The summed E-state index contributed by atoms with van der Waals surface area (Å²) in [6, 6.07) is 12.8. The van der Waals surface area contributed by atoms with Crippen molar-refractivity contribution in [2.75, 3.05) is 11.9 Å². The summed E-state index contributed by atoms with van der Waals surface area (Å²) in [6.07, 6.45) is 1.20. The fourth-order valence-corrected chi connectivity index (χ4v) is 2.56. The van der Waals surface area contributed by atoms with Gasteiger partial charge in [-0.05, 0) is 36.2 Å². The van der Waals surface area contributed by atoms with E-state index < -0.39 is 0 Å². The Kier molecular flexibility index (Phi) is 3.92. The number of ketones is 1. The van der Waals surface area contributed by atoms with Crippen LogP contribution in [0.5, 0.6) is 5.75 Å². The van der Waals surface area contributed by atoms with E-state index in [1.807, 2.05) is 18.2 Å². The first kappa shape index (κ1) is 14.3. The van der Waals surface area contributed by atoms with Gasteiger partial charge in [-0.3, -0.25) is 9.59 Å². The van der Waals surface area contributed by atoms with E-state index in [1.165, 1.54) is 6.92 Å². The summed E-state index contributed by atoms with van der Waals surface area (Å²) in [5.74, 6) is 0.799. The molecular formula is C18H17NO3. The maximum absolute atomic E-state index is 12.1. The maximum atomic E-state index is 12.1. The van der Waals surface area contributed by atoms with Crippen LogP contribution >= 0.6 is 0 Å². The lowest BCUT2D eigenvalue weighted by molar-refractivity contribution is -0.115. The fraction of sp³-hybridized carbons (Fsp3) is 0.222. The number of anilines is 1. The lowest BCUT2D eigenvalue weighted by atomic mass is 10.1. The summed E-state index contributed by atoms with van der Waals surface area (Å²) in [5, 5.41) is 2.83. The van der Waals surface area contributed by atoms with Gasteiger partial charge in [0, 0.05) is 17.7 Å². The van der Waals surface area contributed by atoms with Gasteiger partial charge in [-0.2, -0.15) is 0 Å². The number of fused-ring (bicyclic) bond motifs is 1. The number of benzene rings is 2. The van der Waals surface area contributed by atoms with Crippen LogP contribution in [0, 0.1) is 0 Å². The minimum absolute atomic E-state index is 0.0188. The summed E-state index contributed by atoms with van der Waals surface area (Å²) in [7, 11) is 0. The van der Waals surface area contributed by atoms with Crippen LogP contribution in [0.15, 0.2) is 42.5 Å². The molecule has 3 rings (SSSR count). The Morgan fingerprint density at radius 3 is 2.86 bits per heavy atom. The quantitative estimate of drug-likeness (QED) is 0.882. The zero-order valence-corrected chi connectivity index (χ0v) is 12.4. The maximum Gasteiger partial charge on any atom is 0.228 e. The molecule has 0 saturated heterocycles. The van der Waals surface area contributed by atoms with Crippen LogP contribution in [0.25, 0.3) is 0 Å². The molecule has 1 aliphatic rings. The number of carbonyl (C=O) groups is 2. The molecule has 2 aromatic rings. The highest BCUT2D eigenvalue weighted by molar-refractivity contribution is 5.97. The summed E-state index contributed by atoms with van der Waals surface area (Å²) < 4.78 is 5.46. The Labute approximate surface area is 129 Å². The van der Waals surface area contributed by atoms with Crippen LogP contribution in [0.4, 0.5) is 5.69 Å². The third-order valence-electron chi connectivity index (χ3n) is 3.67. The van der Waals surface area contributed by atoms with E-state index in [0.717, 1.165) is 23.3 Å². The summed E-state index contributed by atoms with van der Waals surface area (Å²) in [4.78, 5) is 23.5. The minimum atomic E-state index is -0.0976. The smallest absolute Gasteiger partial charge is 0.228 e. The van der Waals surface area contributed by atoms with Crippen molar-refractivity contribution in [1.82, 2.24) is 0 Å². The molecule has 22 heavy (non-hydrogen) atoms. The largest absolute Gasteiger partial charge is 0.493 e. The van der Waals surface area contributed by atoms with Gasteiger partial charge in [-0.25, -0.2) is 0 Å². The molecule has 0 fully saturated rings. The Morgan fingerprint density at radius 2 is 2.05 bits per heavy atom. The summed E-state index contributed by atoms with van der Waals surface area (Å²) >= 11 is 0. The van der Waals surface area contributed by atoms with E-state index in [1.54, 1.807) is 24.3 Å². The van der Waals surface area contributed by atoms with Gasteiger partial charge in [0.05, 0.1) is 13.0 Å². The molecule has 4 heteroatoms. The highest BCUT2D eigenvalue weighted by Gasteiger charge is 2.13. The van der Waals surface area contributed by atoms with Crippen molar-refractivity contribution >= 4 is 17.4 Å². The molecule has 0 atom stereocenters. The Balaban J connectivity index is 1.67. The van der Waals surface area contributed by atoms with Crippen LogP contribution in [-0.4, -0.2) is 18.3 Å². The van der Waals surface area contributed by atoms with Gasteiger partial charge < -0.3 is 10.1 Å². The molecule has 1 aliphatic heterocycles. The molecule has 0 unspecified atom stereocenters. The number of rotatable bonds is 4. The first-order valence-electron chi connectivity index (χ1n) is 7.27. The molecule has 0 aromatic heterocycles. The Bertz CT molecular complexity index is 737. The molecule has 1 heterocycles. The predicted molar refractivity (Wildman–Crippen MR) is 84.4 cm³/mol. The molecule has 0 saturated carbocycles. The zero-order chi connectivity index (χ0) is 15.5. The molecule has 1 amide bonds. The third kappa shape index (κ3) is 3.17. The van der Waals surface area contributed by atoms with Crippen molar-refractivity contribution in [1.29, 1.82) is 0 Å². The average molecular weight is 295 g/mol. The predicted octanol–water partition coefficient (Wildman–Crippen LogP) is 3.01. The topological polar surface area (TPSA) is 55.4 Å². The molecule has 4 nitrogen and oxygen atoms in total. The summed E-state index contributed by atoms with van der Waals surface area (Å²) in [5.41, 5.74) is 3.35. The normalized spacial score (nSPS) is 12.4. The number of carbonyl (C=O) groups excluding carboxylic acids is 2. The Hall–Kier alpha value is -2.62. The highest BCUT2D eigenvalue weighted by atomic mass is 16.5. The van der Waals surface area contributed by atoms with Crippen LogP contribution in [0.1, 0.15) is 28.4 Å². The summed E-state index contributed by atoms with van der Waals surface area (Å²) in [6.45, 7) is 2.22. The second-order valence-electron chi connectivity index (χ2n) is 5.40. The molecule has 1 N–H and O–H groups in total. The van der Waals surface area contributed by atoms with Crippen molar-refractivity contribution < 1.29 is 14.3 Å². The minimum Gasteiger partial charge on any atom is -0.493 e. The van der Waals surface area contributed by atoms with Crippen LogP contribution in [-0.2, 0) is 17.6 Å². The number of ether oxygens (including phenoxy) is 1. The lowest BCUT2D eigenvalue weighted by Gasteiger charge is -2.07. The monoisotopic (exact) mass is 295 g/mol. The van der Waals surface area contributed by atoms with Gasteiger partial charge >= 0.3 is 0 Å². The van der Waals surface area contributed by atoms with Gasteiger partial charge in [-0.1, -0.05) is 24.3 Å². The Morgan fingerprint density at radius 1 is 1.18 bits per heavy atom. The lowest BCUT2D eigenvalue weighted by Crippen LogP contribution is -2.14. The second-order valence-corrected chi connectivity index (χ2v) is 5.40. The van der Waals surface area contributed by atoms with Gasteiger partial charge in [0.2, 0.25) is 5.91 Å². The van der Waals surface area contributed by atoms with E-state index in [0.29, 0.717) is 24.3 Å². The van der Waals surface area contributed by atoms with Crippen LogP contribution in [0.3, 0.4) is 0 Å². The van der Waals surface area contributed by atoms with E-state index in [9.17, 15) is 9.59 Å². The first-order chi connectivity index (χ1) is 10.6. The third-order valence-corrected chi connectivity index (χ3v) is 3.67. The van der Waals surface area contributed by atoms with Crippen molar-refractivity contribution in [3.63, 3.8) is 0 Å². The SMILES string of the molecule is CC(=O)c1cccc(NC(=O)Cc2ccc3c(c2)CCO3)c1. The van der Waals surface area contributed by atoms with E-state index in [4.69, 9.17) is 4.74 Å². The van der Waals surface area contributed by atoms with Crippen LogP contribution in [0.2, 0.25) is 0 Å². The van der Waals surface area contributed by atoms with Gasteiger partial charge in [0.15, 0.2) is 5.78 Å². The number of hydrogen-bond donors (Lipinski definition) is 1. The van der Waals surface area contributed by atoms with E-state index in [2.05, 4.69) is 5.32 Å². The zero-order valence-electron chi connectivity index (χ0n) is 12.4. The second kappa shape index (κ2) is 6.02. The molecular weight excluding hydrogens is 278 g/mol. The van der Waals surface area contributed by atoms with Crippen molar-refractivity contribution in [3.8, 4) is 5.75 Å². The first-order valence-corrected chi connectivity index (χ1v) is 7.27. The van der Waals surface area contributed by atoms with Gasteiger partial charge in [0.25, 0.3) is 0 Å². The highest BCUT2D eigenvalue weighted by Crippen LogP contribution is 2.26. The number of hydrogen-bond acceptors (Lipinski definition) is 3. The van der Waals surface area contributed by atoms with E-state index >= 15 is 0 Å². The number of nitrogens with one attached hydrogen (secondary N) is 1. The molecule has 0 radical (unpaired) electrons. The molecule has 112 valence electrons. The standard InChI is InChI=1S/C18H17NO3/c1-12(20)14-3-2-4-16(11-14)19-18(21)10-13-5-6-17-15(9-13)7-8-22-17/h2-6,9,11H,7-8,10H2,1H3,(H,19,21). The molecule has 0 spiro atoms. The van der Waals surface area contributed by atoms with Crippen molar-refractivity contribution in [2.24, 2.45) is 0 Å². The molecule has 0 aliphatic carbocycles. The van der Waals surface area contributed by atoms with Crippen LogP contribution < -0.4 is 10.1 Å². The van der Waals surface area contributed by atoms with E-state index in [-0.39, 0.29) is 11.7 Å². The molecule has 0 bridgehead atoms. The fourth-order valence-electron chi connectivity index (χ4n) is 2.56. The van der Waals surface area contributed by atoms with Crippen molar-refractivity contribution in [2.45, 2.75) is 19.8 Å². The average Bonchev–Trinajstić information content (AvgIpc) is 2.95. The number of amides is 1. The van der Waals surface area contributed by atoms with Gasteiger partial charge in [-0.15, -0.1) is 0 Å². The van der Waals surface area contributed by atoms with Gasteiger partial charge in [0.1, 0.15) is 5.75 Å².